The van der Waals surface area contributed by atoms with Crippen LogP contribution in [0.25, 0.3) is 38.8 Å². The monoisotopic (exact) mass is 1180 g/mol. The van der Waals surface area contributed by atoms with Crippen molar-refractivity contribution in [2.75, 3.05) is 20.3 Å². The van der Waals surface area contributed by atoms with Gasteiger partial charge in [0.15, 0.2) is 23.0 Å². The number of ketones is 1. The number of nitrogens with zero attached hydrogens (tertiary/aromatic N) is 1. The Balaban J connectivity index is 0.924. The van der Waals surface area contributed by atoms with Crippen molar-refractivity contribution in [2.45, 2.75) is 151 Å². The Hall–Kier alpha value is -7.52. The minimum Gasteiger partial charge on any atom is -0.508 e. The number of fused-ring (bicyclic) bond motifs is 11. The first-order valence-electron chi connectivity index (χ1n) is 31.5. The summed E-state index contributed by atoms with van der Waals surface area (Å²) in [6, 6.07) is 28.1. The van der Waals surface area contributed by atoms with E-state index in [2.05, 4.69) is 62.0 Å². The molecular formula is C71H78N4O12. The zero-order valence-corrected chi connectivity index (χ0v) is 49.1. The molecule has 14 rings (SSSR count). The van der Waals surface area contributed by atoms with Crippen LogP contribution in [0, 0.1) is 46.8 Å². The number of methoxy groups -OCH3 is 1. The third-order valence-corrected chi connectivity index (χ3v) is 21.7. The van der Waals surface area contributed by atoms with E-state index in [-0.39, 0.29) is 127 Å². The fraction of sp³-hybridized carbons (Fsp3) is 0.465. The molecular weight excluding hydrogens is 1100 g/mol. The van der Waals surface area contributed by atoms with Gasteiger partial charge in [-0.15, -0.1) is 0 Å². The first kappa shape index (κ1) is 57.2. The number of hydrogen-bond acceptors (Lipinski definition) is 13. The molecule has 16 nitrogen and oxygen atoms in total. The molecule has 87 heavy (non-hydrogen) atoms. The number of allylic oxidation sites excluding steroid dienone is 1. The second kappa shape index (κ2) is 22.9. The van der Waals surface area contributed by atoms with Gasteiger partial charge in [0.1, 0.15) is 30.7 Å². The van der Waals surface area contributed by atoms with Crippen molar-refractivity contribution in [1.82, 2.24) is 19.9 Å². The van der Waals surface area contributed by atoms with Crippen LogP contribution in [0.3, 0.4) is 0 Å². The van der Waals surface area contributed by atoms with Crippen LogP contribution in [-0.4, -0.2) is 118 Å². The number of ether oxygens (including phenoxy) is 3. The molecule has 2 spiro atoms. The van der Waals surface area contributed by atoms with E-state index >= 15 is 4.79 Å². The van der Waals surface area contributed by atoms with E-state index in [4.69, 9.17) is 14.2 Å². The lowest BCUT2D eigenvalue weighted by Crippen LogP contribution is -2.65. The molecule has 14 unspecified atom stereocenters. The van der Waals surface area contributed by atoms with Gasteiger partial charge >= 0.3 is 5.97 Å². The number of carbonyl (C=O) groups is 2. The Labute approximate surface area is 505 Å². The van der Waals surface area contributed by atoms with E-state index in [1.165, 1.54) is 13.2 Å². The van der Waals surface area contributed by atoms with Gasteiger partial charge in [-0.3, -0.25) is 9.59 Å². The molecule has 16 heteroatoms. The summed E-state index contributed by atoms with van der Waals surface area (Å²) in [5, 5.41) is 84.6. The summed E-state index contributed by atoms with van der Waals surface area (Å²) < 4.78 is 20.2. The number of phenolic OH excluding ortho intramolecular Hbond substituents is 3. The van der Waals surface area contributed by atoms with E-state index in [0.717, 1.165) is 113 Å². The van der Waals surface area contributed by atoms with Gasteiger partial charge in [-0.25, -0.2) is 0 Å². The molecule has 4 saturated carbocycles. The Bertz CT molecular complexity index is 3890. The smallest absolute Gasteiger partial charge is 0.318 e. The molecule has 2 aliphatic heterocycles. The fourth-order valence-corrected chi connectivity index (χ4v) is 18.2. The third kappa shape index (κ3) is 10.3. The zero-order chi connectivity index (χ0) is 59.9. The highest BCUT2D eigenvalue weighted by atomic mass is 16.6. The molecule has 0 amide bonds. The molecule has 2 bridgehead atoms. The summed E-state index contributed by atoms with van der Waals surface area (Å²) in [7, 11) is 1.53. The number of phenols is 3. The van der Waals surface area contributed by atoms with Gasteiger partial charge in [0.25, 0.3) is 0 Å². The maximum atomic E-state index is 15.6. The summed E-state index contributed by atoms with van der Waals surface area (Å²) in [5.41, 5.74) is 8.89. The van der Waals surface area contributed by atoms with Gasteiger partial charge in [-0.05, 0) is 182 Å². The molecule has 1 saturated heterocycles. The van der Waals surface area contributed by atoms with E-state index in [1.807, 2.05) is 42.6 Å². The van der Waals surface area contributed by atoms with E-state index in [9.17, 15) is 40.5 Å². The first-order valence-corrected chi connectivity index (χ1v) is 31.5. The van der Waals surface area contributed by atoms with E-state index in [0.29, 0.717) is 24.8 Å². The summed E-state index contributed by atoms with van der Waals surface area (Å²) in [5.74, 6) is 5.31. The van der Waals surface area contributed by atoms with E-state index in [1.54, 1.807) is 24.3 Å². The number of esters is 1. The predicted molar refractivity (Wildman–Crippen MR) is 328 cm³/mol. The van der Waals surface area contributed by atoms with Crippen molar-refractivity contribution in [3.8, 4) is 51.8 Å². The standard InChI is InChI=1S/C71H78N4O12/c1-85-62-35-50-49(34-61(62)83)52-29-42-37-70(21-22-71(38-70)65(30-41-9-7-14-59(81)68(41)74-71)75-56-20-23-72-55(56)36-57(75)40-8-6-10-43(77)28-40)53-32-44(78)17-18-48(53)67(42)51(50)31-45(79)33-64(60(82)26-39-16-19-58(80)63(27-39)86-25-24-76)87-66(84)15-5-3-12-47-46-11-2-4-13-54(46)73-69(47)52/h2,4,6,8,10-11,13,16,19-20,23,27-29,34-36,41-42,44,48,51,53,59-60,64-65,67-68,72-74,76-78,80-83H,7,9,12,14-15,17-18,21-22,24-26,30-33,37-38H2,1H3. The molecule has 7 aromatic rings. The van der Waals surface area contributed by atoms with Crippen molar-refractivity contribution in [1.29, 1.82) is 0 Å². The van der Waals surface area contributed by atoms with Crippen LogP contribution in [-0.2, 0) is 27.2 Å². The highest BCUT2D eigenvalue weighted by Gasteiger charge is 2.65. The van der Waals surface area contributed by atoms with Crippen LogP contribution in [0.5, 0.6) is 28.7 Å². The molecule has 454 valence electrons. The molecule has 14 atom stereocenters. The van der Waals surface area contributed by atoms with Crippen LogP contribution in [0.4, 0.5) is 0 Å². The van der Waals surface area contributed by atoms with Crippen LogP contribution < -0.4 is 14.8 Å². The molecule has 7 aliphatic rings. The number of Topliss-reactive ketones (excluding diaryl/α,β-unsaturated/α-hetero) is 1. The van der Waals surface area contributed by atoms with Crippen molar-refractivity contribution >= 4 is 39.3 Å². The summed E-state index contributed by atoms with van der Waals surface area (Å²) in [6.07, 6.45) is 9.03. The number of para-hydroxylation sites is 1. The predicted octanol–water partition coefficient (Wildman–Crippen LogP) is 10.0. The number of aliphatic hydroxyl groups excluding tert-OH is 4. The minimum absolute atomic E-state index is 0.00706. The largest absolute Gasteiger partial charge is 0.508 e. The van der Waals surface area contributed by atoms with Gasteiger partial charge in [-0.2, -0.15) is 0 Å². The average molecular weight is 1180 g/mol. The second-order valence-electron chi connectivity index (χ2n) is 26.4. The van der Waals surface area contributed by atoms with Crippen LogP contribution in [0.1, 0.15) is 130 Å². The number of aromatic hydroxyl groups is 3. The fourth-order valence-electron chi connectivity index (χ4n) is 18.2. The number of aromatic amines is 2. The summed E-state index contributed by atoms with van der Waals surface area (Å²) in [6.45, 7) is -0.336. The Morgan fingerprint density at radius 2 is 1.72 bits per heavy atom. The quantitative estimate of drug-likeness (QED) is 0.0478. The third-order valence-electron chi connectivity index (χ3n) is 21.7. The molecule has 5 heterocycles. The summed E-state index contributed by atoms with van der Waals surface area (Å²) in [4.78, 5) is 36.8. The molecule has 0 radical (unpaired) electrons. The lowest BCUT2D eigenvalue weighted by atomic mass is 9.47. The number of aromatic nitrogens is 3. The molecule has 5 aliphatic carbocycles. The Morgan fingerprint density at radius 3 is 2.57 bits per heavy atom. The van der Waals surface area contributed by atoms with Gasteiger partial charge in [0.2, 0.25) is 0 Å². The molecule has 3 aromatic heterocycles. The SMILES string of the molecule is COc1cc2c(cc1O)C1=CC3CC4(CCC5(C4)NC4C(O)CCCC4CC5n4c(-c5cccc(O)c5)cc5[nH]ccc54)C4CC(O)CCC4C3C2CC(=O)CC(C(O)Cc2ccc(O)c(OCCO)c2)OC(=O)CC#CCc2c1[nH]c1ccccc21. The molecule has 4 aromatic carbocycles. The van der Waals surface area contributed by atoms with Crippen molar-refractivity contribution in [2.24, 2.45) is 35.0 Å². The highest BCUT2D eigenvalue weighted by molar-refractivity contribution is 5.94. The van der Waals surface area contributed by atoms with Gasteiger partial charge in [-0.1, -0.05) is 60.7 Å². The lowest BCUT2D eigenvalue weighted by molar-refractivity contribution is -0.155. The van der Waals surface area contributed by atoms with Gasteiger partial charge < -0.3 is 69.8 Å². The van der Waals surface area contributed by atoms with Crippen LogP contribution in [0.2, 0.25) is 0 Å². The number of aliphatic hydroxyl groups is 4. The number of carbonyl (C=O) groups excluding carboxylic acids is 2. The van der Waals surface area contributed by atoms with E-state index < -0.39 is 41.8 Å². The Kier molecular flexibility index (Phi) is 15.1. The number of rotatable bonds is 9. The maximum absolute atomic E-state index is 15.6. The minimum atomic E-state index is -1.36. The normalized spacial score (nSPS) is 31.0. The molecule has 10 N–H and O–H groups in total. The lowest BCUT2D eigenvalue weighted by Gasteiger charge is -2.59. The average Bonchev–Trinajstić information content (AvgIpc) is 1.59. The van der Waals surface area contributed by atoms with Crippen LogP contribution >= 0.6 is 0 Å². The van der Waals surface area contributed by atoms with Gasteiger partial charge in [0, 0.05) is 65.5 Å². The van der Waals surface area contributed by atoms with Crippen molar-refractivity contribution < 1.29 is 59.5 Å². The summed E-state index contributed by atoms with van der Waals surface area (Å²) >= 11 is 0. The zero-order valence-electron chi connectivity index (χ0n) is 49.1. The Morgan fingerprint density at radius 1 is 0.862 bits per heavy atom. The number of benzene rings is 4. The maximum Gasteiger partial charge on any atom is 0.318 e. The van der Waals surface area contributed by atoms with Crippen molar-refractivity contribution in [3.05, 3.63) is 131 Å². The van der Waals surface area contributed by atoms with Crippen molar-refractivity contribution in [3.63, 3.8) is 0 Å². The number of piperidine rings is 1. The highest BCUT2D eigenvalue weighted by Crippen LogP contribution is 2.69. The number of nitrogens with one attached hydrogen (secondary N) is 3. The topological polar surface area (TPSA) is 252 Å². The second-order valence-corrected chi connectivity index (χ2v) is 26.4. The van der Waals surface area contributed by atoms with Crippen LogP contribution in [0.15, 0.2) is 103 Å². The van der Waals surface area contributed by atoms with Gasteiger partial charge in [0.05, 0.1) is 60.5 Å². The molecule has 5 fully saturated rings. The number of cyclic esters (lactones) is 1. The number of H-pyrrole nitrogens is 2. The first-order chi connectivity index (χ1) is 42.2. The number of hydrogen-bond donors (Lipinski definition) is 10.